The van der Waals surface area contributed by atoms with Crippen LogP contribution in [0, 0.1) is 5.92 Å². The first kappa shape index (κ1) is 12.3. The monoisotopic (exact) mass is 262 g/mol. The van der Waals surface area contributed by atoms with Gasteiger partial charge in [-0.05, 0) is 43.7 Å². The van der Waals surface area contributed by atoms with Gasteiger partial charge in [0.2, 0.25) is 5.88 Å². The molecule has 0 spiro atoms. The number of carbonyl (C=O) groups is 1. The van der Waals surface area contributed by atoms with E-state index in [0.717, 1.165) is 5.69 Å². The van der Waals surface area contributed by atoms with Crippen LogP contribution in [0.25, 0.3) is 0 Å². The van der Waals surface area contributed by atoms with Crippen LogP contribution in [0.15, 0.2) is 12.1 Å². The SMILES string of the molecule is COC(=O)c1ccc(NC2CC2)c(OCC2CC2)n1. The molecule has 5 heteroatoms. The molecule has 1 heterocycles. The molecule has 1 aromatic rings. The van der Waals surface area contributed by atoms with Crippen molar-refractivity contribution >= 4 is 11.7 Å². The summed E-state index contributed by atoms with van der Waals surface area (Å²) in [6.07, 6.45) is 4.81. The quantitative estimate of drug-likeness (QED) is 0.797. The van der Waals surface area contributed by atoms with Crippen LogP contribution in [0.4, 0.5) is 5.69 Å². The first-order chi connectivity index (χ1) is 9.26. The predicted molar refractivity (Wildman–Crippen MR) is 70.4 cm³/mol. The van der Waals surface area contributed by atoms with Gasteiger partial charge < -0.3 is 14.8 Å². The average Bonchev–Trinajstić information content (AvgIpc) is 3.31. The molecule has 0 aliphatic heterocycles. The minimum absolute atomic E-state index is 0.287. The Hall–Kier alpha value is -1.78. The number of methoxy groups -OCH3 is 1. The number of hydrogen-bond donors (Lipinski definition) is 1. The molecule has 19 heavy (non-hydrogen) atoms. The summed E-state index contributed by atoms with van der Waals surface area (Å²) in [5.41, 5.74) is 1.16. The van der Waals surface area contributed by atoms with Gasteiger partial charge in [0.15, 0.2) is 5.69 Å². The summed E-state index contributed by atoms with van der Waals surface area (Å²) >= 11 is 0. The number of hydrogen-bond acceptors (Lipinski definition) is 5. The Balaban J connectivity index is 1.77. The van der Waals surface area contributed by atoms with Gasteiger partial charge >= 0.3 is 5.97 Å². The number of carbonyl (C=O) groups excluding carboxylic acids is 1. The lowest BCUT2D eigenvalue weighted by molar-refractivity contribution is 0.0593. The van der Waals surface area contributed by atoms with Gasteiger partial charge in [-0.3, -0.25) is 0 Å². The van der Waals surface area contributed by atoms with E-state index in [1.807, 2.05) is 6.07 Å². The standard InChI is InChI=1S/C14H18N2O3/c1-18-14(17)12-7-6-11(15-10-4-5-10)13(16-12)19-8-9-2-3-9/h6-7,9-10,15H,2-5,8H2,1H3. The number of pyridine rings is 1. The van der Waals surface area contributed by atoms with E-state index >= 15 is 0 Å². The van der Waals surface area contributed by atoms with E-state index in [-0.39, 0.29) is 5.69 Å². The van der Waals surface area contributed by atoms with Crippen molar-refractivity contribution < 1.29 is 14.3 Å². The summed E-state index contributed by atoms with van der Waals surface area (Å²) in [5.74, 6) is 0.730. The number of nitrogens with zero attached hydrogens (tertiary/aromatic N) is 1. The van der Waals surface area contributed by atoms with Crippen molar-refractivity contribution in [2.24, 2.45) is 5.92 Å². The van der Waals surface area contributed by atoms with Crippen molar-refractivity contribution in [2.75, 3.05) is 19.0 Å². The van der Waals surface area contributed by atoms with Crippen LogP contribution in [0.3, 0.4) is 0 Å². The van der Waals surface area contributed by atoms with Crippen molar-refractivity contribution in [1.29, 1.82) is 0 Å². The molecule has 2 aliphatic carbocycles. The lowest BCUT2D eigenvalue weighted by Crippen LogP contribution is -2.11. The molecular formula is C14H18N2O3. The number of esters is 1. The van der Waals surface area contributed by atoms with Gasteiger partial charge in [-0.2, -0.15) is 0 Å². The van der Waals surface area contributed by atoms with Crippen molar-refractivity contribution in [3.8, 4) is 5.88 Å². The van der Waals surface area contributed by atoms with Gasteiger partial charge in [-0.25, -0.2) is 9.78 Å². The highest BCUT2D eigenvalue weighted by atomic mass is 16.5. The highest BCUT2D eigenvalue weighted by Crippen LogP contribution is 2.33. The summed E-state index contributed by atoms with van der Waals surface area (Å²) in [5, 5.41) is 3.37. The maximum Gasteiger partial charge on any atom is 0.356 e. The molecule has 0 unspecified atom stereocenters. The summed E-state index contributed by atoms with van der Waals surface area (Å²) in [6, 6.07) is 4.04. The zero-order valence-corrected chi connectivity index (χ0v) is 11.0. The van der Waals surface area contributed by atoms with Gasteiger partial charge in [0, 0.05) is 6.04 Å². The first-order valence-electron chi connectivity index (χ1n) is 6.75. The van der Waals surface area contributed by atoms with Gasteiger partial charge in [-0.1, -0.05) is 0 Å². The molecular weight excluding hydrogens is 244 g/mol. The van der Waals surface area contributed by atoms with Crippen LogP contribution < -0.4 is 10.1 Å². The van der Waals surface area contributed by atoms with Crippen LogP contribution in [0.1, 0.15) is 36.2 Å². The molecule has 5 nitrogen and oxygen atoms in total. The van der Waals surface area contributed by atoms with Gasteiger partial charge in [-0.15, -0.1) is 0 Å². The second-order valence-electron chi connectivity index (χ2n) is 5.21. The summed E-state index contributed by atoms with van der Waals surface area (Å²) < 4.78 is 10.4. The molecule has 0 radical (unpaired) electrons. The Bertz CT molecular complexity index is 482. The predicted octanol–water partition coefficient (Wildman–Crippen LogP) is 2.23. The number of anilines is 1. The van der Waals surface area contributed by atoms with Crippen molar-refractivity contribution in [3.05, 3.63) is 17.8 Å². The molecule has 2 saturated carbocycles. The Kier molecular flexibility index (Phi) is 3.27. The van der Waals surface area contributed by atoms with Crippen LogP contribution >= 0.6 is 0 Å². The van der Waals surface area contributed by atoms with Crippen molar-refractivity contribution in [2.45, 2.75) is 31.7 Å². The minimum atomic E-state index is -0.436. The fourth-order valence-corrected chi connectivity index (χ4v) is 1.81. The van der Waals surface area contributed by atoms with Crippen molar-refractivity contribution in [3.63, 3.8) is 0 Å². The highest BCUT2D eigenvalue weighted by Gasteiger charge is 2.25. The fourth-order valence-electron chi connectivity index (χ4n) is 1.81. The average molecular weight is 262 g/mol. The Labute approximate surface area is 112 Å². The van der Waals surface area contributed by atoms with E-state index in [1.54, 1.807) is 6.07 Å². The van der Waals surface area contributed by atoms with E-state index in [1.165, 1.54) is 32.8 Å². The van der Waals surface area contributed by atoms with Gasteiger partial charge in [0.1, 0.15) is 0 Å². The van der Waals surface area contributed by atoms with E-state index in [2.05, 4.69) is 15.0 Å². The van der Waals surface area contributed by atoms with E-state index in [4.69, 9.17) is 4.74 Å². The van der Waals surface area contributed by atoms with Crippen LogP contribution in [0.5, 0.6) is 5.88 Å². The Morgan fingerprint density at radius 1 is 1.37 bits per heavy atom. The third-order valence-electron chi connectivity index (χ3n) is 3.34. The molecule has 0 bridgehead atoms. The van der Waals surface area contributed by atoms with E-state index in [0.29, 0.717) is 24.4 Å². The molecule has 3 rings (SSSR count). The molecule has 2 fully saturated rings. The lowest BCUT2D eigenvalue weighted by Gasteiger charge is -2.12. The summed E-state index contributed by atoms with van der Waals surface area (Å²) in [4.78, 5) is 15.8. The molecule has 102 valence electrons. The minimum Gasteiger partial charge on any atom is -0.476 e. The van der Waals surface area contributed by atoms with Crippen LogP contribution in [0.2, 0.25) is 0 Å². The fraction of sp³-hybridized carbons (Fsp3) is 0.571. The topological polar surface area (TPSA) is 60.5 Å². The Morgan fingerprint density at radius 2 is 2.16 bits per heavy atom. The van der Waals surface area contributed by atoms with Gasteiger partial charge in [0.05, 0.1) is 19.4 Å². The summed E-state index contributed by atoms with van der Waals surface area (Å²) in [7, 11) is 1.35. The first-order valence-corrected chi connectivity index (χ1v) is 6.75. The molecule has 0 aromatic carbocycles. The van der Waals surface area contributed by atoms with E-state index < -0.39 is 5.97 Å². The van der Waals surface area contributed by atoms with Crippen LogP contribution in [-0.2, 0) is 4.74 Å². The Morgan fingerprint density at radius 3 is 2.79 bits per heavy atom. The molecule has 0 atom stereocenters. The van der Waals surface area contributed by atoms with E-state index in [9.17, 15) is 4.79 Å². The molecule has 0 amide bonds. The second kappa shape index (κ2) is 5.07. The smallest absolute Gasteiger partial charge is 0.356 e. The number of aromatic nitrogens is 1. The van der Waals surface area contributed by atoms with Crippen LogP contribution in [-0.4, -0.2) is 30.7 Å². The maximum absolute atomic E-state index is 11.5. The van der Waals surface area contributed by atoms with Gasteiger partial charge in [0.25, 0.3) is 0 Å². The zero-order chi connectivity index (χ0) is 13.2. The number of nitrogens with one attached hydrogen (secondary N) is 1. The van der Waals surface area contributed by atoms with Crippen molar-refractivity contribution in [1.82, 2.24) is 4.98 Å². The second-order valence-corrected chi connectivity index (χ2v) is 5.21. The molecule has 2 aliphatic rings. The lowest BCUT2D eigenvalue weighted by atomic mass is 10.3. The highest BCUT2D eigenvalue weighted by molar-refractivity contribution is 5.87. The third kappa shape index (κ3) is 3.16. The largest absolute Gasteiger partial charge is 0.476 e. The third-order valence-corrected chi connectivity index (χ3v) is 3.34. The number of rotatable bonds is 6. The summed E-state index contributed by atoms with van der Waals surface area (Å²) in [6.45, 7) is 0.678. The molecule has 1 aromatic heterocycles. The molecule has 0 saturated heterocycles. The maximum atomic E-state index is 11.5. The molecule has 1 N–H and O–H groups in total. The zero-order valence-electron chi connectivity index (χ0n) is 11.0. The normalized spacial score (nSPS) is 17.9. The number of ether oxygens (including phenoxy) is 2.